The van der Waals surface area contributed by atoms with Crippen molar-refractivity contribution in [3.63, 3.8) is 0 Å². The third-order valence-electron chi connectivity index (χ3n) is 11.5. The number of amides is 4. The van der Waals surface area contributed by atoms with E-state index in [9.17, 15) is 24.0 Å². The summed E-state index contributed by atoms with van der Waals surface area (Å²) in [6, 6.07) is 36.8. The first-order valence-electron chi connectivity index (χ1n) is 22.6. The molecule has 3 radical (unpaired) electrons. The van der Waals surface area contributed by atoms with Gasteiger partial charge in [-0.05, 0) is 86.6 Å². The summed E-state index contributed by atoms with van der Waals surface area (Å²) in [4.78, 5) is 77.1. The Morgan fingerprint density at radius 1 is 0.609 bits per heavy atom. The topological polar surface area (TPSA) is 151 Å². The van der Waals surface area contributed by atoms with Crippen molar-refractivity contribution in [2.45, 2.75) is 57.8 Å². The molecule has 2 fully saturated rings. The van der Waals surface area contributed by atoms with E-state index in [1.165, 1.54) is 16.3 Å². The number of ether oxygens (including phenoxy) is 1. The average molecular weight is 970 g/mol. The molecular weight excluding hydrogens is 915 g/mol. The largest absolute Gasteiger partial charge is 1.00 e. The molecule has 0 atom stereocenters. The smallest absolute Gasteiger partial charge is 1.00 e. The third-order valence-corrected chi connectivity index (χ3v) is 13.5. The van der Waals surface area contributed by atoms with Crippen molar-refractivity contribution in [2.24, 2.45) is 0 Å². The SMILES string of the molecule is CCOC(=O)c1csc(C2CCN(C(=O)/C(=C/c3ccccc3)NC(=O)c3ccccc3)CC2)n1.CCc1csc(C2CCN(C(=O)/C(=C/c3ccccc3)NC(=O)c3ccccc3)CC2)n1.[B].[H-].[Na+]. The zero-order chi connectivity index (χ0) is 47.0. The number of rotatable bonds is 13. The first kappa shape index (κ1) is 54.0. The molecular formula is C53H55BN6NaO6S2. The van der Waals surface area contributed by atoms with E-state index in [-0.39, 0.29) is 74.6 Å². The van der Waals surface area contributed by atoms with Gasteiger partial charge in [0.15, 0.2) is 5.69 Å². The minimum absolute atomic E-state index is 0. The quantitative estimate of drug-likeness (QED) is 0.0800. The number of aromatic nitrogens is 2. The number of nitrogens with zero attached hydrogens (tertiary/aromatic N) is 4. The van der Waals surface area contributed by atoms with Gasteiger partial charge in [-0.15, -0.1) is 22.7 Å². The molecule has 2 aliphatic heterocycles. The average Bonchev–Trinajstić information content (AvgIpc) is 4.09. The van der Waals surface area contributed by atoms with E-state index in [1.807, 2.05) is 89.8 Å². The molecule has 6 aromatic rings. The maximum Gasteiger partial charge on any atom is 1.00 e. The van der Waals surface area contributed by atoms with E-state index in [1.54, 1.807) is 77.1 Å². The second-order valence-corrected chi connectivity index (χ2v) is 17.8. The number of hydrogen-bond donors (Lipinski definition) is 2. The molecule has 0 saturated carbocycles. The van der Waals surface area contributed by atoms with Crippen LogP contribution in [0.3, 0.4) is 0 Å². The molecule has 349 valence electrons. The van der Waals surface area contributed by atoms with Crippen LogP contribution < -0.4 is 40.2 Å². The molecule has 69 heavy (non-hydrogen) atoms. The standard InChI is InChI=1S/C27H27N3O4S.C26H27N3O2S.B.Na.H/c1-2-34-27(33)23-18-35-25(29-23)21-13-15-30(16-14-21)26(32)22(17-19-9-5-3-6-10-19)28-24(31)20-11-7-4-8-12-20;1-2-22-18-32-25(27-22)21-13-15-29(16-14-21)26(31)23(17-19-9-5-3-6-10-19)28-24(30)20-11-7-4-8-12-20;;;/h3-12,17-18,21H,2,13-16H2,1H3,(H,28,31);3-12,17-18,21H,2,13-16H2,1H3,(H,28,30);;;/q;;;+1;-1/b22-17-;23-17-;;;. The summed E-state index contributed by atoms with van der Waals surface area (Å²) in [6.45, 7) is 6.56. The van der Waals surface area contributed by atoms with Gasteiger partial charge in [-0.25, -0.2) is 14.8 Å². The minimum Gasteiger partial charge on any atom is -1.00 e. The Morgan fingerprint density at radius 2 is 1.00 bits per heavy atom. The predicted octanol–water partition coefficient (Wildman–Crippen LogP) is 6.12. The van der Waals surface area contributed by atoms with Crippen molar-refractivity contribution in [3.05, 3.63) is 187 Å². The van der Waals surface area contributed by atoms with Crippen molar-refractivity contribution in [1.82, 2.24) is 30.4 Å². The fraction of sp³-hybridized carbons (Fsp3) is 0.264. The second kappa shape index (κ2) is 27.3. The molecule has 0 spiro atoms. The van der Waals surface area contributed by atoms with E-state index in [0.717, 1.165) is 53.9 Å². The number of likely N-dealkylation sites (tertiary alicyclic amines) is 2. The van der Waals surface area contributed by atoms with Gasteiger partial charge in [0.2, 0.25) is 0 Å². The number of nitrogens with one attached hydrogen (secondary N) is 2. The molecule has 2 saturated heterocycles. The zero-order valence-electron chi connectivity index (χ0n) is 40.2. The summed E-state index contributed by atoms with van der Waals surface area (Å²) in [7, 11) is 0. The molecule has 4 aromatic carbocycles. The summed E-state index contributed by atoms with van der Waals surface area (Å²) >= 11 is 3.17. The predicted molar refractivity (Wildman–Crippen MR) is 270 cm³/mol. The molecule has 0 unspecified atom stereocenters. The summed E-state index contributed by atoms with van der Waals surface area (Å²) < 4.78 is 5.03. The van der Waals surface area contributed by atoms with Gasteiger partial charge in [0.1, 0.15) is 11.4 Å². The van der Waals surface area contributed by atoms with Crippen LogP contribution in [0.2, 0.25) is 0 Å². The molecule has 2 N–H and O–H groups in total. The summed E-state index contributed by atoms with van der Waals surface area (Å²) in [5.41, 5.74) is 4.71. The number of piperidine rings is 2. The first-order valence-corrected chi connectivity index (χ1v) is 24.4. The van der Waals surface area contributed by atoms with Crippen LogP contribution in [-0.4, -0.2) is 90.6 Å². The van der Waals surface area contributed by atoms with Crippen LogP contribution in [0.4, 0.5) is 0 Å². The molecule has 4 amide bonds. The molecule has 16 heteroatoms. The van der Waals surface area contributed by atoms with Crippen LogP contribution in [0.15, 0.2) is 143 Å². The van der Waals surface area contributed by atoms with Crippen LogP contribution in [0, 0.1) is 0 Å². The van der Waals surface area contributed by atoms with E-state index >= 15 is 0 Å². The van der Waals surface area contributed by atoms with Gasteiger partial charge in [-0.3, -0.25) is 19.2 Å². The summed E-state index contributed by atoms with van der Waals surface area (Å²) in [6.07, 6.45) is 7.63. The Balaban J connectivity index is 0.000000293. The van der Waals surface area contributed by atoms with Gasteiger partial charge in [-0.2, -0.15) is 0 Å². The Bertz CT molecular complexity index is 2680. The number of esters is 1. The maximum absolute atomic E-state index is 13.4. The van der Waals surface area contributed by atoms with Gasteiger partial charge in [-0.1, -0.05) is 104 Å². The van der Waals surface area contributed by atoms with Crippen molar-refractivity contribution in [2.75, 3.05) is 32.8 Å². The molecule has 4 heterocycles. The monoisotopic (exact) mass is 969 g/mol. The molecule has 2 aliphatic rings. The van der Waals surface area contributed by atoms with Gasteiger partial charge in [0.05, 0.1) is 22.3 Å². The number of thiazole rings is 2. The van der Waals surface area contributed by atoms with E-state index < -0.39 is 5.97 Å². The first-order chi connectivity index (χ1) is 32.7. The second-order valence-electron chi connectivity index (χ2n) is 16.0. The van der Waals surface area contributed by atoms with E-state index in [2.05, 4.69) is 27.9 Å². The van der Waals surface area contributed by atoms with Crippen molar-refractivity contribution in [3.8, 4) is 0 Å². The summed E-state index contributed by atoms with van der Waals surface area (Å²) in [5.74, 6) is -0.825. The molecule has 0 bridgehead atoms. The molecule has 12 nitrogen and oxygen atoms in total. The number of carbonyl (C=O) groups excluding carboxylic acids is 5. The number of benzene rings is 4. The van der Waals surface area contributed by atoms with Crippen LogP contribution in [0.25, 0.3) is 12.2 Å². The van der Waals surface area contributed by atoms with Gasteiger partial charge in [0, 0.05) is 68.3 Å². The number of aryl methyl sites for hydroxylation is 1. The van der Waals surface area contributed by atoms with E-state index in [4.69, 9.17) is 9.72 Å². The van der Waals surface area contributed by atoms with Crippen molar-refractivity contribution in [1.29, 1.82) is 0 Å². The van der Waals surface area contributed by atoms with Crippen LogP contribution >= 0.6 is 22.7 Å². The normalized spacial score (nSPS) is 14.2. The Hall–Kier alpha value is -5.97. The maximum atomic E-state index is 13.4. The number of carbonyl (C=O) groups is 5. The Morgan fingerprint density at radius 3 is 1.39 bits per heavy atom. The fourth-order valence-electron chi connectivity index (χ4n) is 7.75. The van der Waals surface area contributed by atoms with Crippen LogP contribution in [0.1, 0.15) is 111 Å². The van der Waals surface area contributed by atoms with Crippen LogP contribution in [-0.2, 0) is 20.7 Å². The molecule has 0 aliphatic carbocycles. The fourth-order valence-corrected chi connectivity index (χ4v) is 9.78. The van der Waals surface area contributed by atoms with Gasteiger partial charge in [0.25, 0.3) is 23.6 Å². The molecule has 8 rings (SSSR count). The Labute approximate surface area is 437 Å². The third kappa shape index (κ3) is 15.3. The van der Waals surface area contributed by atoms with Gasteiger partial charge >= 0.3 is 35.5 Å². The van der Waals surface area contributed by atoms with Crippen molar-refractivity contribution >= 4 is 72.8 Å². The number of hydrogen-bond acceptors (Lipinski definition) is 10. The van der Waals surface area contributed by atoms with Crippen molar-refractivity contribution < 1.29 is 59.7 Å². The minimum atomic E-state index is -0.410. The zero-order valence-corrected chi connectivity index (χ0v) is 42.8. The van der Waals surface area contributed by atoms with Gasteiger partial charge < -0.3 is 26.6 Å². The summed E-state index contributed by atoms with van der Waals surface area (Å²) in [5, 5.41) is 11.6. The molecule has 2 aromatic heterocycles. The van der Waals surface area contributed by atoms with E-state index in [0.29, 0.717) is 61.2 Å². The van der Waals surface area contributed by atoms with Crippen LogP contribution in [0.5, 0.6) is 0 Å². The Kier molecular flexibility index (Phi) is 21.3.